The summed E-state index contributed by atoms with van der Waals surface area (Å²) in [6.07, 6.45) is -4.53. The predicted octanol–water partition coefficient (Wildman–Crippen LogP) is 2.47. The molecule has 0 saturated heterocycles. The van der Waals surface area contributed by atoms with E-state index < -0.39 is 24.3 Å². The molecule has 0 bridgehead atoms. The molecule has 0 heterocycles. The van der Waals surface area contributed by atoms with Gasteiger partial charge >= 0.3 is 6.18 Å². The molecule has 1 aromatic rings. The summed E-state index contributed by atoms with van der Waals surface area (Å²) in [5, 5.41) is 8.84. The minimum atomic E-state index is -4.53. The van der Waals surface area contributed by atoms with Gasteiger partial charge in [-0.25, -0.2) is 4.39 Å². The molecule has 0 unspecified atom stereocenters. The summed E-state index contributed by atoms with van der Waals surface area (Å²) < 4.78 is 51.9. The number of rotatable bonds is 2. The van der Waals surface area contributed by atoms with E-state index in [9.17, 15) is 17.6 Å². The van der Waals surface area contributed by atoms with Crippen LogP contribution in [0.1, 0.15) is 0 Å². The van der Waals surface area contributed by atoms with Crippen LogP contribution in [-0.4, -0.2) is 17.9 Å². The van der Waals surface area contributed by atoms with Crippen molar-refractivity contribution in [3.8, 4) is 11.5 Å². The number of hydrogen-bond donors (Lipinski definition) is 1. The first-order valence-electron chi connectivity index (χ1n) is 3.56. The van der Waals surface area contributed by atoms with Crippen molar-refractivity contribution in [3.05, 3.63) is 24.0 Å². The van der Waals surface area contributed by atoms with Gasteiger partial charge in [-0.3, -0.25) is 0 Å². The molecule has 0 spiro atoms. The van der Waals surface area contributed by atoms with Crippen molar-refractivity contribution in [2.45, 2.75) is 6.18 Å². The number of halogens is 4. The summed E-state index contributed by atoms with van der Waals surface area (Å²) in [5.41, 5.74) is 0. The van der Waals surface area contributed by atoms with Crippen molar-refractivity contribution in [3.63, 3.8) is 0 Å². The van der Waals surface area contributed by atoms with Crippen molar-refractivity contribution in [2.24, 2.45) is 0 Å². The lowest BCUT2D eigenvalue weighted by Crippen LogP contribution is -2.19. The Morgan fingerprint density at radius 3 is 2.50 bits per heavy atom. The standard InChI is InChI=1S/C8H6F4O2/c9-6-2-1-5(13)3-7(6)14-4-8(10,11)12/h1-3,13H,4H2. The first-order valence-corrected chi connectivity index (χ1v) is 3.56. The number of ether oxygens (including phenoxy) is 1. The molecule has 0 saturated carbocycles. The van der Waals surface area contributed by atoms with E-state index in [0.29, 0.717) is 0 Å². The highest BCUT2D eigenvalue weighted by molar-refractivity contribution is 5.33. The smallest absolute Gasteiger partial charge is 0.422 e. The molecular weight excluding hydrogens is 204 g/mol. The molecule has 2 nitrogen and oxygen atoms in total. The van der Waals surface area contributed by atoms with E-state index >= 15 is 0 Å². The fourth-order valence-electron chi connectivity index (χ4n) is 0.762. The van der Waals surface area contributed by atoms with Crippen LogP contribution in [0.25, 0.3) is 0 Å². The Bertz CT molecular complexity index is 322. The second-order valence-electron chi connectivity index (χ2n) is 2.52. The maximum Gasteiger partial charge on any atom is 0.422 e. The van der Waals surface area contributed by atoms with Crippen molar-refractivity contribution < 1.29 is 27.4 Å². The molecule has 0 aliphatic carbocycles. The number of benzene rings is 1. The van der Waals surface area contributed by atoms with Crippen molar-refractivity contribution in [1.82, 2.24) is 0 Å². The molecule has 0 amide bonds. The minimum absolute atomic E-state index is 0.358. The fourth-order valence-corrected chi connectivity index (χ4v) is 0.762. The highest BCUT2D eigenvalue weighted by Crippen LogP contribution is 2.24. The first-order chi connectivity index (χ1) is 6.38. The summed E-state index contributed by atoms with van der Waals surface area (Å²) in [4.78, 5) is 0. The number of phenols is 1. The van der Waals surface area contributed by atoms with Gasteiger partial charge in [0, 0.05) is 6.07 Å². The van der Waals surface area contributed by atoms with Crippen LogP contribution in [0, 0.1) is 5.82 Å². The lowest BCUT2D eigenvalue weighted by molar-refractivity contribution is -0.153. The third kappa shape index (κ3) is 3.12. The number of hydrogen-bond acceptors (Lipinski definition) is 2. The van der Waals surface area contributed by atoms with Crippen LogP contribution in [0.15, 0.2) is 18.2 Å². The highest BCUT2D eigenvalue weighted by atomic mass is 19.4. The maximum atomic E-state index is 12.7. The number of alkyl halides is 3. The first kappa shape index (κ1) is 10.6. The van der Waals surface area contributed by atoms with Gasteiger partial charge in [0.2, 0.25) is 0 Å². The summed E-state index contributed by atoms with van der Waals surface area (Å²) in [6.45, 7) is -1.59. The van der Waals surface area contributed by atoms with Crippen LogP contribution in [0.3, 0.4) is 0 Å². The van der Waals surface area contributed by atoms with Crippen molar-refractivity contribution in [2.75, 3.05) is 6.61 Å². The molecule has 0 aromatic heterocycles. The van der Waals surface area contributed by atoms with E-state index in [1.807, 2.05) is 0 Å². The normalized spacial score (nSPS) is 11.4. The average molecular weight is 210 g/mol. The summed E-state index contributed by atoms with van der Waals surface area (Å²) >= 11 is 0. The molecule has 1 aromatic carbocycles. The van der Waals surface area contributed by atoms with E-state index in [4.69, 9.17) is 5.11 Å². The Morgan fingerprint density at radius 1 is 1.29 bits per heavy atom. The van der Waals surface area contributed by atoms with Crippen LogP contribution >= 0.6 is 0 Å². The molecular formula is C8H6F4O2. The van der Waals surface area contributed by atoms with E-state index in [0.717, 1.165) is 18.2 Å². The van der Waals surface area contributed by atoms with Crippen LogP contribution in [0.4, 0.5) is 17.6 Å². The van der Waals surface area contributed by atoms with Gasteiger partial charge in [0.05, 0.1) is 0 Å². The van der Waals surface area contributed by atoms with Gasteiger partial charge in [0.1, 0.15) is 5.75 Å². The van der Waals surface area contributed by atoms with Crippen molar-refractivity contribution in [1.29, 1.82) is 0 Å². The number of aromatic hydroxyl groups is 1. The van der Waals surface area contributed by atoms with Gasteiger partial charge < -0.3 is 9.84 Å². The third-order valence-electron chi connectivity index (χ3n) is 1.31. The Labute approximate surface area is 76.7 Å². The molecule has 0 aliphatic rings. The van der Waals surface area contributed by atoms with Gasteiger partial charge in [-0.1, -0.05) is 0 Å². The predicted molar refractivity (Wildman–Crippen MR) is 39.6 cm³/mol. The monoisotopic (exact) mass is 210 g/mol. The van der Waals surface area contributed by atoms with Crippen LogP contribution < -0.4 is 4.74 Å². The SMILES string of the molecule is Oc1ccc(F)c(OCC(F)(F)F)c1. The summed E-state index contributed by atoms with van der Waals surface area (Å²) in [6, 6.07) is 2.61. The van der Waals surface area contributed by atoms with E-state index in [1.54, 1.807) is 0 Å². The second-order valence-corrected chi connectivity index (χ2v) is 2.52. The zero-order chi connectivity index (χ0) is 10.8. The molecule has 0 radical (unpaired) electrons. The highest BCUT2D eigenvalue weighted by Gasteiger charge is 2.28. The average Bonchev–Trinajstić information content (AvgIpc) is 2.05. The maximum absolute atomic E-state index is 12.7. The van der Waals surface area contributed by atoms with Gasteiger partial charge in [-0.15, -0.1) is 0 Å². The summed E-state index contributed by atoms with van der Waals surface area (Å²) in [7, 11) is 0. The van der Waals surface area contributed by atoms with Crippen molar-refractivity contribution >= 4 is 0 Å². The molecule has 0 fully saturated rings. The van der Waals surface area contributed by atoms with E-state index in [2.05, 4.69) is 4.74 Å². The second kappa shape index (κ2) is 3.73. The largest absolute Gasteiger partial charge is 0.508 e. The summed E-state index contributed by atoms with van der Waals surface area (Å²) in [5.74, 6) is -1.93. The van der Waals surface area contributed by atoms with Gasteiger partial charge in [-0.2, -0.15) is 13.2 Å². The zero-order valence-electron chi connectivity index (χ0n) is 6.81. The molecule has 78 valence electrons. The fraction of sp³-hybridized carbons (Fsp3) is 0.250. The Kier molecular flexibility index (Phi) is 2.83. The minimum Gasteiger partial charge on any atom is -0.508 e. The third-order valence-corrected chi connectivity index (χ3v) is 1.31. The van der Waals surface area contributed by atoms with Crippen LogP contribution in [-0.2, 0) is 0 Å². The zero-order valence-corrected chi connectivity index (χ0v) is 6.81. The molecule has 0 aliphatic heterocycles. The Balaban J connectivity index is 2.72. The quantitative estimate of drug-likeness (QED) is 0.760. The van der Waals surface area contributed by atoms with Crippen LogP contribution in [0.2, 0.25) is 0 Å². The van der Waals surface area contributed by atoms with E-state index in [-0.39, 0.29) is 5.75 Å². The van der Waals surface area contributed by atoms with Gasteiger partial charge in [0.15, 0.2) is 18.2 Å². The van der Waals surface area contributed by atoms with Gasteiger partial charge in [0.25, 0.3) is 0 Å². The Morgan fingerprint density at radius 2 is 1.93 bits per heavy atom. The van der Waals surface area contributed by atoms with E-state index in [1.165, 1.54) is 0 Å². The molecule has 1 rings (SSSR count). The molecule has 1 N–H and O–H groups in total. The lowest BCUT2D eigenvalue weighted by atomic mass is 10.3. The molecule has 0 atom stereocenters. The number of phenolic OH excluding ortho intramolecular Hbond substituents is 1. The lowest BCUT2D eigenvalue weighted by Gasteiger charge is -2.09. The van der Waals surface area contributed by atoms with Crippen LogP contribution in [0.5, 0.6) is 11.5 Å². The molecule has 6 heteroatoms. The molecule has 14 heavy (non-hydrogen) atoms. The van der Waals surface area contributed by atoms with Gasteiger partial charge in [-0.05, 0) is 12.1 Å². The topological polar surface area (TPSA) is 29.5 Å². The Hall–Kier alpha value is -1.46.